The molecular formula is C22H28Cl3NO4S. The van der Waals surface area contributed by atoms with Crippen molar-refractivity contribution in [2.75, 3.05) is 31.9 Å². The number of nitrogens with one attached hydrogen (secondary N) is 1. The number of benzene rings is 2. The maximum absolute atomic E-state index is 11.0. The number of hydrogen-bond donors (Lipinski definition) is 2. The fourth-order valence-corrected chi connectivity index (χ4v) is 4.02. The second-order valence-corrected chi connectivity index (χ2v) is 9.97. The van der Waals surface area contributed by atoms with Gasteiger partial charge in [-0.25, -0.2) is 8.93 Å². The predicted octanol–water partition coefficient (Wildman–Crippen LogP) is 4.95. The Balaban J connectivity index is 2.09. The van der Waals surface area contributed by atoms with Crippen molar-refractivity contribution < 1.29 is 18.8 Å². The minimum atomic E-state index is -1.17. The van der Waals surface area contributed by atoms with Crippen LogP contribution in [-0.4, -0.2) is 47.3 Å². The lowest BCUT2D eigenvalue weighted by Crippen LogP contribution is -2.32. The van der Waals surface area contributed by atoms with Gasteiger partial charge in [-0.05, 0) is 41.8 Å². The van der Waals surface area contributed by atoms with E-state index in [9.17, 15) is 9.32 Å². The van der Waals surface area contributed by atoms with Crippen LogP contribution in [0.1, 0.15) is 31.4 Å². The zero-order chi connectivity index (χ0) is 23.0. The lowest BCUT2D eigenvalue weighted by Gasteiger charge is -2.27. The summed E-state index contributed by atoms with van der Waals surface area (Å²) < 4.78 is 25.0. The molecule has 31 heavy (non-hydrogen) atoms. The Morgan fingerprint density at radius 3 is 2.26 bits per heavy atom. The first kappa shape index (κ1) is 26.2. The molecule has 5 nitrogen and oxygen atoms in total. The van der Waals surface area contributed by atoms with Crippen molar-refractivity contribution >= 4 is 45.8 Å². The Kier molecular flexibility index (Phi) is 10.4. The Morgan fingerprint density at radius 2 is 1.71 bits per heavy atom. The van der Waals surface area contributed by atoms with Gasteiger partial charge in [0.05, 0.1) is 27.6 Å². The molecule has 2 aromatic rings. The van der Waals surface area contributed by atoms with Gasteiger partial charge in [0, 0.05) is 24.1 Å². The highest BCUT2D eigenvalue weighted by Crippen LogP contribution is 2.40. The van der Waals surface area contributed by atoms with Gasteiger partial charge in [-0.15, -0.1) is 11.6 Å². The molecular weight excluding hydrogens is 481 g/mol. The van der Waals surface area contributed by atoms with Gasteiger partial charge >= 0.3 is 0 Å². The number of aliphatic hydroxyl groups is 1. The Labute approximate surface area is 201 Å². The van der Waals surface area contributed by atoms with Crippen molar-refractivity contribution in [2.45, 2.75) is 31.8 Å². The maximum Gasteiger partial charge on any atom is 0.156 e. The number of hydrogen-bond acceptors (Lipinski definition) is 4. The maximum atomic E-state index is 11.0. The van der Waals surface area contributed by atoms with Gasteiger partial charge in [0.1, 0.15) is 18.5 Å². The van der Waals surface area contributed by atoms with E-state index in [4.69, 9.17) is 44.3 Å². The predicted molar refractivity (Wildman–Crippen MR) is 129 cm³/mol. The summed E-state index contributed by atoms with van der Waals surface area (Å²) in [6.07, 6.45) is 1.47. The monoisotopic (exact) mass is 507 g/mol. The second kappa shape index (κ2) is 12.3. The van der Waals surface area contributed by atoms with Crippen LogP contribution in [-0.2, 0) is 16.4 Å². The molecule has 2 N–H and O–H groups in total. The van der Waals surface area contributed by atoms with Crippen LogP contribution in [0.15, 0.2) is 36.4 Å². The summed E-state index contributed by atoms with van der Waals surface area (Å²) in [5.74, 6) is 1.61. The Morgan fingerprint density at radius 1 is 1.10 bits per heavy atom. The molecule has 0 saturated carbocycles. The summed E-state index contributed by atoms with van der Waals surface area (Å²) >= 11 is 18.6. The van der Waals surface area contributed by atoms with E-state index in [1.807, 2.05) is 36.4 Å². The molecule has 0 bridgehead atoms. The minimum Gasteiger partial charge on any atom is -0.491 e. The van der Waals surface area contributed by atoms with Crippen LogP contribution < -0.4 is 14.2 Å². The van der Waals surface area contributed by atoms with E-state index in [1.54, 1.807) is 0 Å². The van der Waals surface area contributed by atoms with E-state index in [1.165, 1.54) is 6.26 Å². The summed E-state index contributed by atoms with van der Waals surface area (Å²) in [7, 11) is -1.17. The SMILES string of the molecule is CS(=O)NCC(O)COc1ccc(C(C)(C)c2cc(Cl)c(OCCCCl)c(Cl)c2)cc1. The molecule has 2 rings (SSSR count). The molecule has 0 saturated heterocycles. The molecule has 0 aromatic heterocycles. The molecule has 2 atom stereocenters. The highest BCUT2D eigenvalue weighted by molar-refractivity contribution is 7.82. The summed E-state index contributed by atoms with van der Waals surface area (Å²) in [4.78, 5) is 0. The van der Waals surface area contributed by atoms with Crippen LogP contribution in [0.2, 0.25) is 10.0 Å². The van der Waals surface area contributed by atoms with Crippen molar-refractivity contribution in [3.63, 3.8) is 0 Å². The van der Waals surface area contributed by atoms with E-state index < -0.39 is 17.1 Å². The number of halogens is 3. The fraction of sp³-hybridized carbons (Fsp3) is 0.455. The average Bonchev–Trinajstić information content (AvgIpc) is 2.72. The van der Waals surface area contributed by atoms with E-state index in [0.717, 1.165) is 11.1 Å². The second-order valence-electron chi connectivity index (χ2n) is 7.58. The topological polar surface area (TPSA) is 67.8 Å². The first-order chi connectivity index (χ1) is 14.6. The minimum absolute atomic E-state index is 0.101. The molecule has 0 fully saturated rings. The Bertz CT molecular complexity index is 855. The van der Waals surface area contributed by atoms with Gasteiger partial charge in [0.15, 0.2) is 5.75 Å². The van der Waals surface area contributed by atoms with Gasteiger partial charge in [-0.3, -0.25) is 0 Å². The molecule has 0 aliphatic carbocycles. The first-order valence-electron chi connectivity index (χ1n) is 9.81. The van der Waals surface area contributed by atoms with Crippen LogP contribution in [0.3, 0.4) is 0 Å². The normalized spacial score (nSPS) is 13.6. The third kappa shape index (κ3) is 7.81. The van der Waals surface area contributed by atoms with Crippen LogP contribution in [0, 0.1) is 0 Å². The lowest BCUT2D eigenvalue weighted by molar-refractivity contribution is 0.111. The van der Waals surface area contributed by atoms with Crippen LogP contribution in [0.25, 0.3) is 0 Å². The summed E-state index contributed by atoms with van der Waals surface area (Å²) in [6, 6.07) is 11.4. The molecule has 0 radical (unpaired) electrons. The smallest absolute Gasteiger partial charge is 0.156 e. The summed E-state index contributed by atoms with van der Waals surface area (Å²) in [6.45, 7) is 4.91. The lowest BCUT2D eigenvalue weighted by atomic mass is 9.78. The molecule has 2 unspecified atom stereocenters. The zero-order valence-corrected chi connectivity index (χ0v) is 20.9. The van der Waals surface area contributed by atoms with Gasteiger partial charge in [0.2, 0.25) is 0 Å². The fourth-order valence-electron chi connectivity index (χ4n) is 2.89. The van der Waals surface area contributed by atoms with Crippen molar-refractivity contribution in [3.05, 3.63) is 57.6 Å². The first-order valence-corrected chi connectivity index (χ1v) is 12.7. The third-order valence-corrected chi connectivity index (χ3v) is 6.19. The standard InChI is InChI=1S/C22H28Cl3NO4S/c1-22(2,16-11-19(24)21(20(25)12-16)29-10-4-9-23)15-5-7-18(8-6-15)30-14-17(27)13-26-31(3)28/h5-8,11-12,17,26-27H,4,9-10,13-14H2,1-3H3. The number of rotatable bonds is 12. The van der Waals surface area contributed by atoms with Crippen LogP contribution in [0.4, 0.5) is 0 Å². The summed E-state index contributed by atoms with van der Waals surface area (Å²) in [5.41, 5.74) is 1.64. The molecule has 9 heteroatoms. The van der Waals surface area contributed by atoms with Gasteiger partial charge in [-0.2, -0.15) is 0 Å². The van der Waals surface area contributed by atoms with E-state index in [-0.39, 0.29) is 18.6 Å². The number of alkyl halides is 1. The van der Waals surface area contributed by atoms with E-state index in [0.29, 0.717) is 40.5 Å². The zero-order valence-electron chi connectivity index (χ0n) is 17.8. The molecule has 0 heterocycles. The molecule has 2 aromatic carbocycles. The third-order valence-electron chi connectivity index (χ3n) is 4.78. The van der Waals surface area contributed by atoms with E-state index >= 15 is 0 Å². The van der Waals surface area contributed by atoms with Crippen LogP contribution in [0.5, 0.6) is 11.5 Å². The number of ether oxygens (including phenoxy) is 2. The molecule has 172 valence electrons. The molecule has 0 aliphatic rings. The average molecular weight is 509 g/mol. The van der Waals surface area contributed by atoms with Crippen molar-refractivity contribution in [2.24, 2.45) is 0 Å². The Hall–Kier alpha value is -1.02. The number of aliphatic hydroxyl groups excluding tert-OH is 1. The van der Waals surface area contributed by atoms with E-state index in [2.05, 4.69) is 18.6 Å². The van der Waals surface area contributed by atoms with Gasteiger partial charge in [-0.1, -0.05) is 49.2 Å². The molecule has 0 aliphatic heterocycles. The van der Waals surface area contributed by atoms with Crippen molar-refractivity contribution in [1.29, 1.82) is 0 Å². The van der Waals surface area contributed by atoms with Crippen LogP contribution >= 0.6 is 34.8 Å². The van der Waals surface area contributed by atoms with Crippen molar-refractivity contribution in [1.82, 2.24) is 4.72 Å². The van der Waals surface area contributed by atoms with Gasteiger partial charge < -0.3 is 14.6 Å². The van der Waals surface area contributed by atoms with Crippen molar-refractivity contribution in [3.8, 4) is 11.5 Å². The molecule has 0 amide bonds. The largest absolute Gasteiger partial charge is 0.491 e. The highest BCUT2D eigenvalue weighted by Gasteiger charge is 2.25. The van der Waals surface area contributed by atoms with Gasteiger partial charge in [0.25, 0.3) is 0 Å². The quantitative estimate of drug-likeness (QED) is 0.314. The molecule has 0 spiro atoms. The summed E-state index contributed by atoms with van der Waals surface area (Å²) in [5, 5.41) is 10.8. The highest BCUT2D eigenvalue weighted by atomic mass is 35.5.